The molecule has 96 valence electrons. The van der Waals surface area contributed by atoms with E-state index in [1.807, 2.05) is 6.07 Å². The lowest BCUT2D eigenvalue weighted by atomic mass is 10.1. The van der Waals surface area contributed by atoms with Crippen LogP contribution in [-0.2, 0) is 0 Å². The predicted octanol–water partition coefficient (Wildman–Crippen LogP) is 1.92. The van der Waals surface area contributed by atoms with E-state index in [0.29, 0.717) is 11.6 Å². The molecule has 1 unspecified atom stereocenters. The fraction of sp³-hybridized carbons (Fsp3) is 0.571. The van der Waals surface area contributed by atoms with E-state index in [2.05, 4.69) is 28.2 Å². The molecule has 0 radical (unpaired) electrons. The minimum Gasteiger partial charge on any atom is -0.352 e. The lowest BCUT2D eigenvalue weighted by Gasteiger charge is -2.35. The van der Waals surface area contributed by atoms with E-state index in [1.54, 1.807) is 12.3 Å². The first-order valence-electron chi connectivity index (χ1n) is 6.68. The van der Waals surface area contributed by atoms with Gasteiger partial charge in [-0.15, -0.1) is 0 Å². The molecule has 0 aromatic carbocycles. The van der Waals surface area contributed by atoms with Crippen LogP contribution in [0.25, 0.3) is 0 Å². The van der Waals surface area contributed by atoms with E-state index >= 15 is 0 Å². The smallest absolute Gasteiger partial charge is 0.130 e. The molecule has 4 nitrogen and oxygen atoms in total. The Balaban J connectivity index is 2.19. The molecule has 1 atom stereocenters. The Morgan fingerprint density at radius 1 is 1.61 bits per heavy atom. The van der Waals surface area contributed by atoms with E-state index < -0.39 is 0 Å². The lowest BCUT2D eigenvalue weighted by Crippen LogP contribution is -2.46. The molecule has 1 aliphatic heterocycles. The van der Waals surface area contributed by atoms with E-state index in [-0.39, 0.29) is 0 Å². The molecule has 18 heavy (non-hydrogen) atoms. The van der Waals surface area contributed by atoms with Gasteiger partial charge in [-0.05, 0) is 37.9 Å². The van der Waals surface area contributed by atoms with Crippen molar-refractivity contribution in [2.75, 3.05) is 24.5 Å². The monoisotopic (exact) mass is 244 g/mol. The third kappa shape index (κ3) is 2.99. The second-order valence-electron chi connectivity index (χ2n) is 4.71. The van der Waals surface area contributed by atoms with Gasteiger partial charge in [-0.3, -0.25) is 0 Å². The first kappa shape index (κ1) is 12.8. The third-order valence-corrected chi connectivity index (χ3v) is 3.35. The Morgan fingerprint density at radius 3 is 3.17 bits per heavy atom. The van der Waals surface area contributed by atoms with Crippen LogP contribution in [0.5, 0.6) is 0 Å². The molecule has 0 spiro atoms. The van der Waals surface area contributed by atoms with Crippen LogP contribution < -0.4 is 10.2 Å². The Morgan fingerprint density at radius 2 is 2.50 bits per heavy atom. The van der Waals surface area contributed by atoms with Crippen molar-refractivity contribution >= 4 is 5.82 Å². The van der Waals surface area contributed by atoms with Crippen molar-refractivity contribution in [3.05, 3.63) is 23.9 Å². The molecule has 2 rings (SSSR count). The number of pyridine rings is 1. The highest BCUT2D eigenvalue weighted by Gasteiger charge is 2.21. The zero-order chi connectivity index (χ0) is 12.8. The molecule has 0 amide bonds. The van der Waals surface area contributed by atoms with Crippen LogP contribution >= 0.6 is 0 Å². The summed E-state index contributed by atoms with van der Waals surface area (Å²) in [5.41, 5.74) is 0.685. The maximum atomic E-state index is 8.98. The van der Waals surface area contributed by atoms with Crippen molar-refractivity contribution in [2.24, 2.45) is 0 Å². The van der Waals surface area contributed by atoms with Crippen LogP contribution in [0.3, 0.4) is 0 Å². The summed E-state index contributed by atoms with van der Waals surface area (Å²) >= 11 is 0. The standard InChI is InChI=1S/C14H20N4/c1-2-8-18(13-4-3-6-16-11-13)14-9-12(10-15)5-7-17-14/h5,7,9,13,16H,2-4,6,8,11H2,1H3. The van der Waals surface area contributed by atoms with Crippen LogP contribution in [0.4, 0.5) is 5.82 Å². The van der Waals surface area contributed by atoms with Crippen LogP contribution in [0, 0.1) is 11.3 Å². The van der Waals surface area contributed by atoms with Crippen molar-refractivity contribution < 1.29 is 0 Å². The highest BCUT2D eigenvalue weighted by molar-refractivity contribution is 5.46. The molecule has 0 bridgehead atoms. The number of nitriles is 1. The van der Waals surface area contributed by atoms with Crippen molar-refractivity contribution in [3.8, 4) is 6.07 Å². The summed E-state index contributed by atoms with van der Waals surface area (Å²) < 4.78 is 0. The quantitative estimate of drug-likeness (QED) is 0.879. The number of hydrogen-bond donors (Lipinski definition) is 1. The lowest BCUT2D eigenvalue weighted by molar-refractivity contribution is 0.429. The average molecular weight is 244 g/mol. The number of aromatic nitrogens is 1. The third-order valence-electron chi connectivity index (χ3n) is 3.35. The Kier molecular flexibility index (Phi) is 4.54. The van der Waals surface area contributed by atoms with E-state index in [4.69, 9.17) is 5.26 Å². The van der Waals surface area contributed by atoms with E-state index in [1.165, 1.54) is 12.8 Å². The van der Waals surface area contributed by atoms with Crippen LogP contribution in [-0.4, -0.2) is 30.7 Å². The first-order chi connectivity index (χ1) is 8.85. The predicted molar refractivity (Wildman–Crippen MR) is 72.5 cm³/mol. The fourth-order valence-electron chi connectivity index (χ4n) is 2.47. The Hall–Kier alpha value is -1.60. The fourth-order valence-corrected chi connectivity index (χ4v) is 2.47. The van der Waals surface area contributed by atoms with Crippen molar-refractivity contribution in [3.63, 3.8) is 0 Å². The summed E-state index contributed by atoms with van der Waals surface area (Å²) in [7, 11) is 0. The van der Waals surface area contributed by atoms with Gasteiger partial charge < -0.3 is 10.2 Å². The van der Waals surface area contributed by atoms with Gasteiger partial charge in [0.05, 0.1) is 11.6 Å². The molecule has 0 aliphatic carbocycles. The minimum absolute atomic E-state index is 0.500. The summed E-state index contributed by atoms with van der Waals surface area (Å²) in [5.74, 6) is 0.935. The molecule has 1 aliphatic rings. The van der Waals surface area contributed by atoms with Gasteiger partial charge in [-0.1, -0.05) is 6.92 Å². The molecule has 4 heteroatoms. The van der Waals surface area contributed by atoms with Gasteiger partial charge in [0.15, 0.2) is 0 Å². The molecule has 0 saturated carbocycles. The average Bonchev–Trinajstić information content (AvgIpc) is 2.46. The molecule has 1 N–H and O–H groups in total. The molecule has 2 heterocycles. The van der Waals surface area contributed by atoms with Gasteiger partial charge in [0.25, 0.3) is 0 Å². The summed E-state index contributed by atoms with van der Waals surface area (Å²) in [6, 6.07) is 6.33. The van der Waals surface area contributed by atoms with Crippen LogP contribution in [0.15, 0.2) is 18.3 Å². The van der Waals surface area contributed by atoms with Gasteiger partial charge in [0.2, 0.25) is 0 Å². The minimum atomic E-state index is 0.500. The van der Waals surface area contributed by atoms with Crippen molar-refractivity contribution in [1.29, 1.82) is 5.26 Å². The van der Waals surface area contributed by atoms with Gasteiger partial charge in [0, 0.05) is 25.3 Å². The van der Waals surface area contributed by atoms with E-state index in [9.17, 15) is 0 Å². The normalized spacial score (nSPS) is 19.2. The summed E-state index contributed by atoms with van der Waals surface area (Å²) in [6.07, 6.45) is 5.23. The highest BCUT2D eigenvalue weighted by atomic mass is 15.2. The summed E-state index contributed by atoms with van der Waals surface area (Å²) in [6.45, 7) is 5.30. The Bertz CT molecular complexity index is 418. The largest absolute Gasteiger partial charge is 0.352 e. The second-order valence-corrected chi connectivity index (χ2v) is 4.71. The van der Waals surface area contributed by atoms with Crippen LogP contribution in [0.1, 0.15) is 31.7 Å². The summed E-state index contributed by atoms with van der Waals surface area (Å²) in [4.78, 5) is 6.77. The number of rotatable bonds is 4. The van der Waals surface area contributed by atoms with Crippen molar-refractivity contribution in [2.45, 2.75) is 32.2 Å². The van der Waals surface area contributed by atoms with E-state index in [0.717, 1.165) is 31.9 Å². The molecule has 1 aromatic heterocycles. The molecule has 1 saturated heterocycles. The zero-order valence-electron chi connectivity index (χ0n) is 10.9. The molecule has 1 fully saturated rings. The zero-order valence-corrected chi connectivity index (χ0v) is 10.9. The number of piperidine rings is 1. The molecule has 1 aromatic rings. The number of hydrogen-bond acceptors (Lipinski definition) is 4. The highest BCUT2D eigenvalue weighted by Crippen LogP contribution is 2.19. The SMILES string of the molecule is CCCN(c1cc(C#N)ccn1)C1CCCNC1. The topological polar surface area (TPSA) is 52.0 Å². The number of nitrogens with zero attached hydrogens (tertiary/aromatic N) is 3. The molecular weight excluding hydrogens is 224 g/mol. The number of nitrogens with one attached hydrogen (secondary N) is 1. The maximum absolute atomic E-state index is 8.98. The first-order valence-corrected chi connectivity index (χ1v) is 6.68. The van der Waals surface area contributed by atoms with Crippen molar-refractivity contribution in [1.82, 2.24) is 10.3 Å². The van der Waals surface area contributed by atoms with Gasteiger partial charge >= 0.3 is 0 Å². The van der Waals surface area contributed by atoms with Gasteiger partial charge in [-0.2, -0.15) is 5.26 Å². The Labute approximate surface area is 109 Å². The maximum Gasteiger partial charge on any atom is 0.130 e. The van der Waals surface area contributed by atoms with Gasteiger partial charge in [-0.25, -0.2) is 4.98 Å². The molecular formula is C14H20N4. The van der Waals surface area contributed by atoms with Crippen LogP contribution in [0.2, 0.25) is 0 Å². The number of anilines is 1. The van der Waals surface area contributed by atoms with Gasteiger partial charge in [0.1, 0.15) is 5.82 Å². The summed E-state index contributed by atoms with van der Waals surface area (Å²) in [5, 5.41) is 12.4. The second kappa shape index (κ2) is 6.36.